The van der Waals surface area contributed by atoms with Crippen molar-refractivity contribution in [1.82, 2.24) is 0 Å². The molecule has 0 bridgehead atoms. The van der Waals surface area contributed by atoms with Crippen LogP contribution >= 0.6 is 0 Å². The summed E-state index contributed by atoms with van der Waals surface area (Å²) in [6.45, 7) is 5.51. The Bertz CT molecular complexity index is 1140. The number of amides is 1. The topological polar surface area (TPSA) is 99.0 Å². The molecule has 0 aliphatic carbocycles. The highest BCUT2D eigenvalue weighted by molar-refractivity contribution is 6.23. The summed E-state index contributed by atoms with van der Waals surface area (Å²) in [6.07, 6.45) is 1.45. The summed E-state index contributed by atoms with van der Waals surface area (Å²) in [5, 5.41) is 11.4. The molecule has 1 heterocycles. The van der Waals surface area contributed by atoms with E-state index in [2.05, 4.69) is 0 Å². The largest absolute Gasteiger partial charge is 0.490 e. The van der Waals surface area contributed by atoms with Crippen LogP contribution in [-0.2, 0) is 14.3 Å². The number of esters is 1. The smallest absolute Gasteiger partial charge is 0.340 e. The quantitative estimate of drug-likeness (QED) is 0.311. The van der Waals surface area contributed by atoms with Crippen LogP contribution in [0.4, 0.5) is 11.4 Å². The molecule has 0 saturated carbocycles. The van der Waals surface area contributed by atoms with Crippen molar-refractivity contribution in [2.45, 2.75) is 20.8 Å². The minimum absolute atomic E-state index is 0.0988. The Morgan fingerprint density at radius 1 is 1.06 bits per heavy atom. The summed E-state index contributed by atoms with van der Waals surface area (Å²) in [7, 11) is 2.58. The molecule has 0 radical (unpaired) electrons. The van der Waals surface area contributed by atoms with Gasteiger partial charge in [-0.05, 0) is 61.7 Å². The van der Waals surface area contributed by atoms with Gasteiger partial charge in [0.15, 0.2) is 5.75 Å². The van der Waals surface area contributed by atoms with Crippen LogP contribution in [0.2, 0.25) is 0 Å². The highest BCUT2D eigenvalue weighted by Crippen LogP contribution is 2.37. The van der Waals surface area contributed by atoms with E-state index in [0.717, 1.165) is 11.1 Å². The van der Waals surface area contributed by atoms with Crippen LogP contribution in [0.3, 0.4) is 0 Å². The third-order valence-electron chi connectivity index (χ3n) is 4.96. The molecule has 0 N–H and O–H groups in total. The van der Waals surface area contributed by atoms with Gasteiger partial charge in [0.1, 0.15) is 0 Å². The van der Waals surface area contributed by atoms with E-state index >= 15 is 0 Å². The second kappa shape index (κ2) is 8.43. The predicted octanol–water partition coefficient (Wildman–Crippen LogP) is 4.10. The molecule has 3 rings (SSSR count). The van der Waals surface area contributed by atoms with E-state index in [-0.39, 0.29) is 22.6 Å². The molecule has 8 heteroatoms. The maximum absolute atomic E-state index is 13.4. The van der Waals surface area contributed by atoms with Crippen LogP contribution in [0, 0.1) is 24.0 Å². The lowest BCUT2D eigenvalue weighted by Gasteiger charge is -2.19. The second-order valence-corrected chi connectivity index (χ2v) is 7.18. The maximum Gasteiger partial charge on any atom is 0.340 e. The van der Waals surface area contributed by atoms with Crippen molar-refractivity contribution >= 4 is 29.3 Å². The molecule has 160 valence electrons. The number of nitro benzene ring substituents is 1. The van der Waals surface area contributed by atoms with E-state index in [1.807, 2.05) is 32.0 Å². The fourth-order valence-electron chi connectivity index (χ4n) is 3.68. The Labute approximate surface area is 179 Å². The van der Waals surface area contributed by atoms with Crippen molar-refractivity contribution in [3.05, 3.63) is 80.0 Å². The highest BCUT2D eigenvalue weighted by atomic mass is 16.6. The summed E-state index contributed by atoms with van der Waals surface area (Å²) < 4.78 is 9.93. The Balaban J connectivity index is 2.18. The Morgan fingerprint density at radius 3 is 2.26 bits per heavy atom. The first-order valence-corrected chi connectivity index (χ1v) is 9.44. The lowest BCUT2D eigenvalue weighted by Crippen LogP contribution is -2.24. The number of hydrogen-bond acceptors (Lipinski definition) is 6. The zero-order chi connectivity index (χ0) is 22.9. The van der Waals surface area contributed by atoms with Gasteiger partial charge in [0.2, 0.25) is 0 Å². The molecule has 0 atom stereocenters. The fourth-order valence-corrected chi connectivity index (χ4v) is 3.68. The Hall–Kier alpha value is -3.94. The average molecular weight is 422 g/mol. The van der Waals surface area contributed by atoms with Crippen molar-refractivity contribution in [3.8, 4) is 5.75 Å². The van der Waals surface area contributed by atoms with Gasteiger partial charge in [-0.25, -0.2) is 4.79 Å². The molecule has 2 aromatic rings. The van der Waals surface area contributed by atoms with Crippen LogP contribution in [0.5, 0.6) is 5.75 Å². The standard InChI is InChI=1S/C23H22N2O6/c1-13-8-14(2)10-17(9-13)24-15(3)21(23(27)31-5)18(22(24)26)11-16-6-7-20(30-4)19(12-16)25(28)29/h6-12H,1-5H3/b18-11-. The van der Waals surface area contributed by atoms with Crippen LogP contribution in [0.25, 0.3) is 6.08 Å². The monoisotopic (exact) mass is 422 g/mol. The summed E-state index contributed by atoms with van der Waals surface area (Å²) in [5.41, 5.74) is 3.35. The highest BCUT2D eigenvalue weighted by Gasteiger charge is 2.38. The van der Waals surface area contributed by atoms with Gasteiger partial charge in [0.25, 0.3) is 5.91 Å². The van der Waals surface area contributed by atoms with Crippen molar-refractivity contribution in [1.29, 1.82) is 0 Å². The van der Waals surface area contributed by atoms with E-state index in [1.165, 1.54) is 37.3 Å². The van der Waals surface area contributed by atoms with Gasteiger partial charge in [0, 0.05) is 17.5 Å². The van der Waals surface area contributed by atoms with E-state index < -0.39 is 16.8 Å². The number of hydrogen-bond donors (Lipinski definition) is 0. The van der Waals surface area contributed by atoms with E-state index in [4.69, 9.17) is 9.47 Å². The molecule has 0 saturated heterocycles. The van der Waals surface area contributed by atoms with Crippen molar-refractivity contribution in [3.63, 3.8) is 0 Å². The summed E-state index contributed by atoms with van der Waals surface area (Å²) >= 11 is 0. The van der Waals surface area contributed by atoms with Crippen LogP contribution in [-0.4, -0.2) is 31.0 Å². The number of methoxy groups -OCH3 is 2. The van der Waals surface area contributed by atoms with Crippen molar-refractivity contribution in [2.24, 2.45) is 0 Å². The summed E-state index contributed by atoms with van der Waals surface area (Å²) in [6, 6.07) is 10.0. The average Bonchev–Trinajstić information content (AvgIpc) is 2.96. The number of aryl methyl sites for hydroxylation is 2. The van der Waals surface area contributed by atoms with Gasteiger partial charge in [0.05, 0.1) is 30.3 Å². The van der Waals surface area contributed by atoms with Gasteiger partial charge in [-0.15, -0.1) is 0 Å². The number of ether oxygens (including phenoxy) is 2. The molecule has 0 aromatic heterocycles. The predicted molar refractivity (Wildman–Crippen MR) is 116 cm³/mol. The molecule has 1 amide bonds. The molecule has 0 spiro atoms. The number of anilines is 1. The number of carbonyl (C=O) groups excluding carboxylic acids is 2. The fraction of sp³-hybridized carbons (Fsp3) is 0.217. The third kappa shape index (κ3) is 4.05. The lowest BCUT2D eigenvalue weighted by atomic mass is 10.0. The molecular weight excluding hydrogens is 400 g/mol. The molecule has 8 nitrogen and oxygen atoms in total. The number of rotatable bonds is 5. The van der Waals surface area contributed by atoms with Gasteiger partial charge < -0.3 is 9.47 Å². The maximum atomic E-state index is 13.4. The van der Waals surface area contributed by atoms with Crippen molar-refractivity contribution < 1.29 is 24.0 Å². The first-order valence-electron chi connectivity index (χ1n) is 9.44. The number of carbonyl (C=O) groups is 2. The van der Waals surface area contributed by atoms with Gasteiger partial charge in [-0.2, -0.15) is 0 Å². The van der Waals surface area contributed by atoms with E-state index in [1.54, 1.807) is 13.0 Å². The zero-order valence-electron chi connectivity index (χ0n) is 17.9. The molecule has 2 aromatic carbocycles. The Kier molecular flexibility index (Phi) is 5.92. The van der Waals surface area contributed by atoms with E-state index in [0.29, 0.717) is 16.9 Å². The minimum Gasteiger partial charge on any atom is -0.490 e. The van der Waals surface area contributed by atoms with Gasteiger partial charge in [-0.1, -0.05) is 12.1 Å². The lowest BCUT2D eigenvalue weighted by molar-refractivity contribution is -0.385. The second-order valence-electron chi connectivity index (χ2n) is 7.18. The molecule has 1 aliphatic rings. The van der Waals surface area contributed by atoms with Gasteiger partial charge in [-0.3, -0.25) is 19.8 Å². The van der Waals surface area contributed by atoms with Crippen LogP contribution < -0.4 is 9.64 Å². The van der Waals surface area contributed by atoms with Crippen LogP contribution in [0.1, 0.15) is 23.6 Å². The zero-order valence-corrected chi connectivity index (χ0v) is 17.9. The first-order chi connectivity index (χ1) is 14.7. The van der Waals surface area contributed by atoms with Crippen molar-refractivity contribution in [2.75, 3.05) is 19.1 Å². The number of nitro groups is 1. The minimum atomic E-state index is -0.660. The van der Waals surface area contributed by atoms with Crippen LogP contribution in [0.15, 0.2) is 53.2 Å². The summed E-state index contributed by atoms with van der Waals surface area (Å²) in [4.78, 5) is 38.1. The first kappa shape index (κ1) is 21.8. The summed E-state index contributed by atoms with van der Waals surface area (Å²) in [5.74, 6) is -0.977. The number of nitrogens with zero attached hydrogens (tertiary/aromatic N) is 2. The van der Waals surface area contributed by atoms with E-state index in [9.17, 15) is 19.7 Å². The molecule has 0 unspecified atom stereocenters. The molecular formula is C23H22N2O6. The number of allylic oxidation sites excluding steroid dienone is 1. The Morgan fingerprint density at radius 2 is 1.71 bits per heavy atom. The SMILES string of the molecule is COC(=O)C1=C(C)N(c2cc(C)cc(C)c2)C(=O)/C1=C\c1ccc(OC)c([N+](=O)[O-])c1. The third-order valence-corrected chi connectivity index (χ3v) is 4.96. The molecule has 31 heavy (non-hydrogen) atoms. The number of benzene rings is 2. The van der Waals surface area contributed by atoms with Gasteiger partial charge >= 0.3 is 11.7 Å². The molecule has 1 aliphatic heterocycles. The normalized spacial score (nSPS) is 14.9. The molecule has 0 fully saturated rings.